The predicted octanol–water partition coefficient (Wildman–Crippen LogP) is 1.71. The fraction of sp³-hybridized carbons (Fsp3) is 0.176. The Kier molecular flexibility index (Phi) is 2.59. The van der Waals surface area contributed by atoms with Crippen LogP contribution in [0.3, 0.4) is 0 Å². The summed E-state index contributed by atoms with van der Waals surface area (Å²) in [5.41, 5.74) is -0.842. The van der Waals surface area contributed by atoms with E-state index in [2.05, 4.69) is 0 Å². The van der Waals surface area contributed by atoms with Crippen LogP contribution in [0.25, 0.3) is 0 Å². The topological polar surface area (TPSA) is 76.1 Å². The summed E-state index contributed by atoms with van der Waals surface area (Å²) in [5, 5.41) is 11.0. The number of ketones is 1. The van der Waals surface area contributed by atoms with Crippen LogP contribution in [0.5, 0.6) is 11.5 Å². The summed E-state index contributed by atoms with van der Waals surface area (Å²) in [6.07, 6.45) is 0. The van der Waals surface area contributed by atoms with Gasteiger partial charge in [0, 0.05) is 17.2 Å². The quantitative estimate of drug-likeness (QED) is 0.913. The zero-order valence-corrected chi connectivity index (χ0v) is 12.5. The third kappa shape index (κ3) is 1.46. The van der Waals surface area contributed by atoms with E-state index in [0.29, 0.717) is 28.3 Å². The van der Waals surface area contributed by atoms with E-state index in [0.717, 1.165) is 4.90 Å². The molecule has 0 aliphatic carbocycles. The molecule has 2 aliphatic heterocycles. The Labute approximate surface area is 131 Å². The normalized spacial score (nSPS) is 21.1. The molecule has 0 fully saturated rings. The van der Waals surface area contributed by atoms with Crippen LogP contribution in [0.1, 0.15) is 26.3 Å². The van der Waals surface area contributed by atoms with Crippen molar-refractivity contribution in [2.24, 2.45) is 0 Å². The zero-order chi connectivity index (χ0) is 16.4. The summed E-state index contributed by atoms with van der Waals surface area (Å²) in [6.45, 7) is 0. The number of anilines is 1. The number of fused-ring (bicyclic) bond motifs is 5. The first-order chi connectivity index (χ1) is 11.0. The lowest BCUT2D eigenvalue weighted by Gasteiger charge is -2.25. The lowest BCUT2D eigenvalue weighted by Crippen LogP contribution is -2.44. The van der Waals surface area contributed by atoms with Crippen molar-refractivity contribution in [2.45, 2.75) is 5.72 Å². The molecule has 0 saturated heterocycles. The van der Waals surface area contributed by atoms with Gasteiger partial charge >= 0.3 is 0 Å². The second-order valence-electron chi connectivity index (χ2n) is 5.41. The minimum atomic E-state index is -2.01. The number of methoxy groups -OCH3 is 2. The SMILES string of the molecule is COc1cc2c(cc1OC)N1C(=O)c3ccccc3C1(O)C2=O. The van der Waals surface area contributed by atoms with Crippen molar-refractivity contribution >= 4 is 17.4 Å². The summed E-state index contributed by atoms with van der Waals surface area (Å²) in [7, 11) is 2.92. The van der Waals surface area contributed by atoms with E-state index in [4.69, 9.17) is 9.47 Å². The lowest BCUT2D eigenvalue weighted by molar-refractivity contribution is 0.0360. The number of nitrogens with zero attached hydrogens (tertiary/aromatic N) is 1. The molecule has 4 rings (SSSR count). The van der Waals surface area contributed by atoms with Gasteiger partial charge in [-0.05, 0) is 12.1 Å². The molecule has 2 aromatic rings. The van der Waals surface area contributed by atoms with Crippen LogP contribution in [0.15, 0.2) is 36.4 Å². The minimum absolute atomic E-state index is 0.230. The highest BCUT2D eigenvalue weighted by Crippen LogP contribution is 2.51. The van der Waals surface area contributed by atoms with Crippen LogP contribution in [0.4, 0.5) is 5.69 Å². The van der Waals surface area contributed by atoms with Gasteiger partial charge in [-0.2, -0.15) is 0 Å². The summed E-state index contributed by atoms with van der Waals surface area (Å²) in [6, 6.07) is 9.59. The molecule has 2 aliphatic rings. The van der Waals surface area contributed by atoms with Crippen LogP contribution in [0, 0.1) is 0 Å². The van der Waals surface area contributed by atoms with Gasteiger partial charge in [0.25, 0.3) is 5.91 Å². The van der Waals surface area contributed by atoms with Gasteiger partial charge in [-0.3, -0.25) is 14.5 Å². The molecule has 23 heavy (non-hydrogen) atoms. The van der Waals surface area contributed by atoms with Gasteiger partial charge in [0.1, 0.15) is 0 Å². The first-order valence-corrected chi connectivity index (χ1v) is 7.01. The monoisotopic (exact) mass is 311 g/mol. The maximum absolute atomic E-state index is 12.8. The highest BCUT2D eigenvalue weighted by atomic mass is 16.5. The molecule has 6 heteroatoms. The van der Waals surface area contributed by atoms with E-state index in [-0.39, 0.29) is 5.56 Å². The highest BCUT2D eigenvalue weighted by molar-refractivity contribution is 6.27. The minimum Gasteiger partial charge on any atom is -0.493 e. The number of benzene rings is 2. The molecule has 116 valence electrons. The van der Waals surface area contributed by atoms with Gasteiger partial charge in [0.15, 0.2) is 11.5 Å². The molecule has 1 atom stereocenters. The van der Waals surface area contributed by atoms with Crippen LogP contribution >= 0.6 is 0 Å². The number of hydrogen-bond acceptors (Lipinski definition) is 5. The first-order valence-electron chi connectivity index (χ1n) is 7.01. The van der Waals surface area contributed by atoms with Gasteiger partial charge < -0.3 is 14.6 Å². The van der Waals surface area contributed by atoms with Crippen LogP contribution in [-0.2, 0) is 5.72 Å². The van der Waals surface area contributed by atoms with Gasteiger partial charge in [-0.1, -0.05) is 18.2 Å². The van der Waals surface area contributed by atoms with Crippen molar-refractivity contribution in [3.05, 3.63) is 53.1 Å². The van der Waals surface area contributed by atoms with Gasteiger partial charge in [0.05, 0.1) is 25.5 Å². The van der Waals surface area contributed by atoms with E-state index >= 15 is 0 Å². The molecule has 0 aromatic heterocycles. The first kappa shape index (κ1) is 13.8. The number of rotatable bonds is 2. The number of carbonyl (C=O) groups is 2. The average Bonchev–Trinajstić information content (AvgIpc) is 2.95. The van der Waals surface area contributed by atoms with Crippen molar-refractivity contribution in [2.75, 3.05) is 19.1 Å². The van der Waals surface area contributed by atoms with Crippen LogP contribution in [0.2, 0.25) is 0 Å². The molecule has 0 radical (unpaired) electrons. The number of hydrogen-bond donors (Lipinski definition) is 1. The van der Waals surface area contributed by atoms with E-state index in [1.807, 2.05) is 0 Å². The fourth-order valence-electron chi connectivity index (χ4n) is 3.29. The number of ether oxygens (including phenoxy) is 2. The van der Waals surface area contributed by atoms with Crippen LogP contribution in [-0.4, -0.2) is 31.0 Å². The van der Waals surface area contributed by atoms with Crippen molar-refractivity contribution in [1.29, 1.82) is 0 Å². The van der Waals surface area contributed by atoms with E-state index in [9.17, 15) is 14.7 Å². The Morgan fingerprint density at radius 2 is 1.65 bits per heavy atom. The van der Waals surface area contributed by atoms with Crippen molar-refractivity contribution in [1.82, 2.24) is 0 Å². The summed E-state index contributed by atoms with van der Waals surface area (Å²) in [4.78, 5) is 26.6. The molecule has 2 heterocycles. The molecule has 0 spiro atoms. The highest BCUT2D eigenvalue weighted by Gasteiger charge is 2.60. The molecule has 0 saturated carbocycles. The van der Waals surface area contributed by atoms with Crippen molar-refractivity contribution in [3.8, 4) is 11.5 Å². The second-order valence-corrected chi connectivity index (χ2v) is 5.41. The number of aliphatic hydroxyl groups is 1. The third-order valence-corrected chi connectivity index (χ3v) is 4.36. The third-order valence-electron chi connectivity index (χ3n) is 4.36. The Balaban J connectivity index is 2.01. The molecule has 1 N–H and O–H groups in total. The van der Waals surface area contributed by atoms with E-state index in [1.165, 1.54) is 26.4 Å². The molecule has 1 unspecified atom stereocenters. The fourth-order valence-corrected chi connectivity index (χ4v) is 3.29. The van der Waals surface area contributed by atoms with Gasteiger partial charge in [-0.15, -0.1) is 0 Å². The molecular formula is C17H13NO5. The Hall–Kier alpha value is -2.86. The number of carbonyl (C=O) groups excluding carboxylic acids is 2. The summed E-state index contributed by atoms with van der Waals surface area (Å²) in [5.74, 6) is -0.216. The maximum atomic E-state index is 12.8. The standard InChI is InChI=1S/C17H13NO5/c1-22-13-7-10-12(8-14(13)23-2)18-16(20)9-5-3-4-6-11(9)17(18,21)15(10)19/h3-8,21H,1-2H3. The lowest BCUT2D eigenvalue weighted by atomic mass is 9.96. The molecule has 1 amide bonds. The molecule has 0 bridgehead atoms. The number of Topliss-reactive ketones (excluding diaryl/α,β-unsaturated/α-hetero) is 1. The largest absolute Gasteiger partial charge is 0.493 e. The van der Waals surface area contributed by atoms with Gasteiger partial charge in [0.2, 0.25) is 11.5 Å². The average molecular weight is 311 g/mol. The Bertz CT molecular complexity index is 875. The zero-order valence-electron chi connectivity index (χ0n) is 12.5. The van der Waals surface area contributed by atoms with E-state index in [1.54, 1.807) is 24.3 Å². The van der Waals surface area contributed by atoms with Gasteiger partial charge in [-0.25, -0.2) is 0 Å². The smallest absolute Gasteiger partial charge is 0.261 e. The van der Waals surface area contributed by atoms with Crippen LogP contribution < -0.4 is 14.4 Å². The number of amides is 1. The molecule has 6 nitrogen and oxygen atoms in total. The van der Waals surface area contributed by atoms with Crippen molar-refractivity contribution < 1.29 is 24.2 Å². The second kappa shape index (κ2) is 4.33. The van der Waals surface area contributed by atoms with E-state index < -0.39 is 17.4 Å². The predicted molar refractivity (Wildman–Crippen MR) is 81.0 cm³/mol. The summed E-state index contributed by atoms with van der Waals surface area (Å²) < 4.78 is 10.4. The molecule has 2 aromatic carbocycles. The molecular weight excluding hydrogens is 298 g/mol. The summed E-state index contributed by atoms with van der Waals surface area (Å²) >= 11 is 0. The maximum Gasteiger partial charge on any atom is 0.261 e. The van der Waals surface area contributed by atoms with Crippen molar-refractivity contribution in [3.63, 3.8) is 0 Å². The Morgan fingerprint density at radius 3 is 2.35 bits per heavy atom. The Morgan fingerprint density at radius 1 is 1.00 bits per heavy atom.